The van der Waals surface area contributed by atoms with E-state index in [-0.39, 0.29) is 23.9 Å². The van der Waals surface area contributed by atoms with Gasteiger partial charge in [-0.1, -0.05) is 17.7 Å². The molecule has 1 aromatic carbocycles. The SMILES string of the molecule is Cc1ccc(S(=O)(=O)N(CC(=O)NCC2CC2)Cc2ccco2)cc1. The largest absolute Gasteiger partial charge is 0.468 e. The van der Waals surface area contributed by atoms with Crippen LogP contribution in [0.4, 0.5) is 0 Å². The molecule has 1 saturated carbocycles. The molecule has 134 valence electrons. The van der Waals surface area contributed by atoms with Gasteiger partial charge in [-0.3, -0.25) is 4.79 Å². The fourth-order valence-electron chi connectivity index (χ4n) is 2.46. The summed E-state index contributed by atoms with van der Waals surface area (Å²) in [6.07, 6.45) is 3.73. The number of amides is 1. The standard InChI is InChI=1S/C18H22N2O4S/c1-14-4-8-17(9-5-14)25(22,23)20(12-16-3-2-10-24-16)13-18(21)19-11-15-6-7-15/h2-5,8-10,15H,6-7,11-13H2,1H3,(H,19,21). The monoisotopic (exact) mass is 362 g/mol. The lowest BCUT2D eigenvalue weighted by atomic mass is 10.2. The second kappa shape index (κ2) is 7.41. The lowest BCUT2D eigenvalue weighted by molar-refractivity contribution is -0.121. The van der Waals surface area contributed by atoms with E-state index in [1.54, 1.807) is 36.4 Å². The summed E-state index contributed by atoms with van der Waals surface area (Å²) in [4.78, 5) is 12.4. The molecule has 0 atom stereocenters. The van der Waals surface area contributed by atoms with Crippen molar-refractivity contribution in [2.24, 2.45) is 5.92 Å². The van der Waals surface area contributed by atoms with E-state index in [1.165, 1.54) is 6.26 Å². The Morgan fingerprint density at radius 2 is 1.96 bits per heavy atom. The molecule has 0 bridgehead atoms. The van der Waals surface area contributed by atoms with Gasteiger partial charge in [0.2, 0.25) is 15.9 Å². The van der Waals surface area contributed by atoms with Crippen LogP contribution < -0.4 is 5.32 Å². The zero-order valence-corrected chi connectivity index (χ0v) is 15.0. The maximum Gasteiger partial charge on any atom is 0.243 e. The van der Waals surface area contributed by atoms with Gasteiger partial charge in [-0.15, -0.1) is 0 Å². The lowest BCUT2D eigenvalue weighted by Crippen LogP contribution is -2.40. The second-order valence-corrected chi connectivity index (χ2v) is 8.35. The molecular weight excluding hydrogens is 340 g/mol. The summed E-state index contributed by atoms with van der Waals surface area (Å²) in [6.45, 7) is 2.28. The fraction of sp³-hybridized carbons (Fsp3) is 0.389. The van der Waals surface area contributed by atoms with E-state index in [4.69, 9.17) is 4.42 Å². The molecule has 1 N–H and O–H groups in total. The van der Waals surface area contributed by atoms with E-state index in [0.717, 1.165) is 22.7 Å². The number of sulfonamides is 1. The molecule has 7 heteroatoms. The molecule has 1 aliphatic carbocycles. The highest BCUT2D eigenvalue weighted by Crippen LogP contribution is 2.27. The van der Waals surface area contributed by atoms with Crippen LogP contribution in [0.5, 0.6) is 0 Å². The molecule has 2 aromatic rings. The molecule has 0 unspecified atom stereocenters. The molecule has 1 aromatic heterocycles. The van der Waals surface area contributed by atoms with Gasteiger partial charge in [0.25, 0.3) is 0 Å². The maximum absolute atomic E-state index is 13.0. The average molecular weight is 362 g/mol. The third kappa shape index (κ3) is 4.70. The first-order chi connectivity index (χ1) is 11.9. The van der Waals surface area contributed by atoms with Crippen LogP contribution >= 0.6 is 0 Å². The van der Waals surface area contributed by atoms with Crippen LogP contribution in [-0.2, 0) is 21.4 Å². The second-order valence-electron chi connectivity index (χ2n) is 6.41. The lowest BCUT2D eigenvalue weighted by Gasteiger charge is -2.21. The number of aryl methyl sites for hydroxylation is 1. The highest BCUT2D eigenvalue weighted by atomic mass is 32.2. The predicted octanol–water partition coefficient (Wildman–Crippen LogP) is 2.31. The Bertz CT molecular complexity index is 809. The molecule has 0 spiro atoms. The van der Waals surface area contributed by atoms with E-state index in [9.17, 15) is 13.2 Å². The Kier molecular flexibility index (Phi) is 5.24. The Balaban J connectivity index is 1.78. The summed E-state index contributed by atoms with van der Waals surface area (Å²) in [5.41, 5.74) is 0.971. The summed E-state index contributed by atoms with van der Waals surface area (Å²) in [5, 5.41) is 2.81. The molecule has 6 nitrogen and oxygen atoms in total. The van der Waals surface area contributed by atoms with Crippen molar-refractivity contribution in [3.05, 3.63) is 54.0 Å². The van der Waals surface area contributed by atoms with E-state index < -0.39 is 10.0 Å². The van der Waals surface area contributed by atoms with Gasteiger partial charge < -0.3 is 9.73 Å². The Morgan fingerprint density at radius 1 is 1.24 bits per heavy atom. The van der Waals surface area contributed by atoms with Crippen LogP contribution in [0.15, 0.2) is 52.0 Å². The Morgan fingerprint density at radius 3 is 2.56 bits per heavy atom. The molecule has 1 amide bonds. The molecular formula is C18H22N2O4S. The van der Waals surface area contributed by atoms with Gasteiger partial charge in [0.15, 0.2) is 0 Å². The van der Waals surface area contributed by atoms with Crippen molar-refractivity contribution in [2.75, 3.05) is 13.1 Å². The van der Waals surface area contributed by atoms with Crippen molar-refractivity contribution in [3.63, 3.8) is 0 Å². The number of rotatable bonds is 8. The minimum Gasteiger partial charge on any atom is -0.468 e. The predicted molar refractivity (Wildman–Crippen MR) is 93.2 cm³/mol. The normalized spacial score (nSPS) is 14.6. The quantitative estimate of drug-likeness (QED) is 0.781. The van der Waals surface area contributed by atoms with Crippen LogP contribution in [0, 0.1) is 12.8 Å². The minimum absolute atomic E-state index is 0.0139. The van der Waals surface area contributed by atoms with E-state index >= 15 is 0 Å². The summed E-state index contributed by atoms with van der Waals surface area (Å²) in [7, 11) is -3.80. The summed E-state index contributed by atoms with van der Waals surface area (Å²) < 4.78 is 32.3. The number of nitrogens with one attached hydrogen (secondary N) is 1. The highest BCUT2D eigenvalue weighted by molar-refractivity contribution is 7.89. The van der Waals surface area contributed by atoms with Gasteiger partial charge in [0, 0.05) is 6.54 Å². The molecule has 0 saturated heterocycles. The van der Waals surface area contributed by atoms with Crippen molar-refractivity contribution in [1.29, 1.82) is 0 Å². The van der Waals surface area contributed by atoms with Gasteiger partial charge in [-0.2, -0.15) is 4.31 Å². The van der Waals surface area contributed by atoms with Crippen molar-refractivity contribution in [3.8, 4) is 0 Å². The summed E-state index contributed by atoms with van der Waals surface area (Å²) >= 11 is 0. The Labute approximate surface area is 147 Å². The molecule has 3 rings (SSSR count). The first kappa shape index (κ1) is 17.7. The topological polar surface area (TPSA) is 79.6 Å². The van der Waals surface area contributed by atoms with Crippen LogP contribution in [-0.4, -0.2) is 31.7 Å². The number of nitrogens with zero attached hydrogens (tertiary/aromatic N) is 1. The smallest absolute Gasteiger partial charge is 0.243 e. The zero-order chi connectivity index (χ0) is 17.9. The maximum atomic E-state index is 13.0. The fourth-order valence-corrected chi connectivity index (χ4v) is 3.82. The molecule has 25 heavy (non-hydrogen) atoms. The van der Waals surface area contributed by atoms with Gasteiger partial charge >= 0.3 is 0 Å². The molecule has 1 aliphatic rings. The first-order valence-corrected chi connectivity index (χ1v) is 9.75. The van der Waals surface area contributed by atoms with Crippen molar-refractivity contribution >= 4 is 15.9 Å². The number of benzene rings is 1. The van der Waals surface area contributed by atoms with Gasteiger partial charge in [0.05, 0.1) is 24.2 Å². The average Bonchev–Trinajstić information content (AvgIpc) is 3.27. The van der Waals surface area contributed by atoms with Gasteiger partial charge in [-0.05, 0) is 49.9 Å². The summed E-state index contributed by atoms with van der Waals surface area (Å²) in [5.74, 6) is 0.732. The van der Waals surface area contributed by atoms with Crippen LogP contribution in [0.1, 0.15) is 24.2 Å². The highest BCUT2D eigenvalue weighted by Gasteiger charge is 2.28. The van der Waals surface area contributed by atoms with E-state index in [2.05, 4.69) is 5.32 Å². The van der Waals surface area contributed by atoms with Crippen LogP contribution in [0.25, 0.3) is 0 Å². The van der Waals surface area contributed by atoms with E-state index in [1.807, 2.05) is 6.92 Å². The molecule has 1 heterocycles. The minimum atomic E-state index is -3.80. The third-order valence-electron chi connectivity index (χ3n) is 4.18. The zero-order valence-electron chi connectivity index (χ0n) is 14.1. The van der Waals surface area contributed by atoms with Crippen molar-refractivity contribution < 1.29 is 17.6 Å². The number of carbonyl (C=O) groups excluding carboxylic acids is 1. The number of hydrogen-bond donors (Lipinski definition) is 1. The Hall–Kier alpha value is -2.12. The third-order valence-corrected chi connectivity index (χ3v) is 5.98. The summed E-state index contributed by atoms with van der Waals surface area (Å²) in [6, 6.07) is 9.99. The van der Waals surface area contributed by atoms with Crippen LogP contribution in [0.3, 0.4) is 0 Å². The number of hydrogen-bond acceptors (Lipinski definition) is 4. The van der Waals surface area contributed by atoms with Crippen molar-refractivity contribution in [1.82, 2.24) is 9.62 Å². The van der Waals surface area contributed by atoms with Gasteiger partial charge in [-0.25, -0.2) is 8.42 Å². The first-order valence-electron chi connectivity index (χ1n) is 8.31. The van der Waals surface area contributed by atoms with Crippen LogP contribution in [0.2, 0.25) is 0 Å². The molecule has 1 fully saturated rings. The molecule has 0 aliphatic heterocycles. The number of carbonyl (C=O) groups is 1. The van der Waals surface area contributed by atoms with Crippen molar-refractivity contribution in [2.45, 2.75) is 31.2 Å². The van der Waals surface area contributed by atoms with E-state index in [0.29, 0.717) is 18.2 Å². The molecule has 0 radical (unpaired) electrons. The number of furan rings is 1. The van der Waals surface area contributed by atoms with Gasteiger partial charge in [0.1, 0.15) is 5.76 Å².